The first-order valence-corrected chi connectivity index (χ1v) is 10.4. The van der Waals surface area contributed by atoms with Crippen LogP contribution >= 0.6 is 11.3 Å². The van der Waals surface area contributed by atoms with Crippen LogP contribution in [0.25, 0.3) is 11.3 Å². The Labute approximate surface area is 166 Å². The molecule has 28 heavy (non-hydrogen) atoms. The Morgan fingerprint density at radius 2 is 2.07 bits per heavy atom. The van der Waals surface area contributed by atoms with Crippen molar-refractivity contribution >= 4 is 17.2 Å². The molecular weight excluding hydrogens is 374 g/mol. The Hall–Kier alpha value is -2.64. The highest BCUT2D eigenvalue weighted by Crippen LogP contribution is 2.43. The zero-order valence-corrected chi connectivity index (χ0v) is 16.2. The zero-order valence-electron chi connectivity index (χ0n) is 15.4. The van der Waals surface area contributed by atoms with Gasteiger partial charge in [0.2, 0.25) is 0 Å². The molecule has 7 heteroatoms. The normalized spacial score (nSPS) is 18.2. The summed E-state index contributed by atoms with van der Waals surface area (Å²) in [5.41, 5.74) is 2.69. The minimum atomic E-state index is -0.237. The van der Waals surface area contributed by atoms with Gasteiger partial charge in [-0.05, 0) is 48.1 Å². The molecule has 0 bridgehead atoms. The van der Waals surface area contributed by atoms with Gasteiger partial charge in [-0.1, -0.05) is 12.1 Å². The number of aromatic hydroxyl groups is 1. The Bertz CT molecular complexity index is 1020. The van der Waals surface area contributed by atoms with Crippen molar-refractivity contribution in [3.05, 3.63) is 57.9 Å². The zero-order chi connectivity index (χ0) is 19.1. The minimum Gasteiger partial charge on any atom is -0.507 e. The van der Waals surface area contributed by atoms with Gasteiger partial charge in [0, 0.05) is 30.0 Å². The first kappa shape index (κ1) is 17.5. The summed E-state index contributed by atoms with van der Waals surface area (Å²) >= 11 is 1.80. The lowest BCUT2D eigenvalue weighted by Gasteiger charge is -2.44. The van der Waals surface area contributed by atoms with Crippen LogP contribution in [0.5, 0.6) is 5.75 Å². The number of carbonyl (C=O) groups is 1. The van der Waals surface area contributed by atoms with E-state index in [9.17, 15) is 9.90 Å². The lowest BCUT2D eigenvalue weighted by molar-refractivity contribution is -0.0926. The lowest BCUT2D eigenvalue weighted by Crippen LogP contribution is -2.48. The maximum absolute atomic E-state index is 12.9. The van der Waals surface area contributed by atoms with Crippen molar-refractivity contribution < 1.29 is 14.6 Å². The van der Waals surface area contributed by atoms with E-state index in [1.807, 2.05) is 11.0 Å². The SMILES string of the molecule is O=C(c1cc(-c2ccccc2O)n[nH]1)N1CCC2(CC1)OCCc1sccc12. The number of carbonyl (C=O) groups excluding carboxylic acids is 1. The number of nitrogens with one attached hydrogen (secondary N) is 1. The van der Waals surface area contributed by atoms with E-state index in [4.69, 9.17) is 4.74 Å². The van der Waals surface area contributed by atoms with Crippen molar-refractivity contribution in [1.82, 2.24) is 15.1 Å². The second-order valence-corrected chi connectivity index (χ2v) is 8.33. The fourth-order valence-corrected chi connectivity index (χ4v) is 5.22. The van der Waals surface area contributed by atoms with Crippen LogP contribution in [0.1, 0.15) is 33.8 Å². The number of likely N-dealkylation sites (tertiary alicyclic amines) is 1. The molecule has 0 unspecified atom stereocenters. The standard InChI is InChI=1S/C21H21N3O3S/c25-18-4-2-1-3-14(18)16-13-17(23-22-16)20(26)24-9-7-21(8-10-24)15-6-12-28-19(15)5-11-27-21/h1-4,6,12-13,25H,5,7-11H2,(H,22,23). The van der Waals surface area contributed by atoms with E-state index in [0.29, 0.717) is 30.0 Å². The van der Waals surface area contributed by atoms with Crippen molar-refractivity contribution in [2.75, 3.05) is 19.7 Å². The summed E-state index contributed by atoms with van der Waals surface area (Å²) in [6, 6.07) is 10.9. The molecule has 0 radical (unpaired) electrons. The largest absolute Gasteiger partial charge is 0.507 e. The predicted octanol–water partition coefficient (Wildman–Crippen LogP) is 3.55. The number of nitrogens with zero attached hydrogens (tertiary/aromatic N) is 2. The summed E-state index contributed by atoms with van der Waals surface area (Å²) in [7, 11) is 0. The number of para-hydroxylation sites is 1. The highest BCUT2D eigenvalue weighted by atomic mass is 32.1. The molecule has 1 aromatic carbocycles. The second kappa shape index (κ2) is 6.76. The molecule has 144 valence electrons. The molecule has 2 N–H and O–H groups in total. The Morgan fingerprint density at radius 3 is 2.89 bits per heavy atom. The predicted molar refractivity (Wildman–Crippen MR) is 106 cm³/mol. The van der Waals surface area contributed by atoms with Crippen LogP contribution in [0.4, 0.5) is 0 Å². The summed E-state index contributed by atoms with van der Waals surface area (Å²) in [5, 5.41) is 19.2. The van der Waals surface area contributed by atoms with E-state index in [0.717, 1.165) is 25.9 Å². The quantitative estimate of drug-likeness (QED) is 0.696. The number of phenols is 1. The number of thiophene rings is 1. The molecule has 1 fully saturated rings. The fourth-order valence-electron chi connectivity index (χ4n) is 4.27. The molecule has 6 nitrogen and oxygen atoms in total. The van der Waals surface area contributed by atoms with Gasteiger partial charge in [-0.2, -0.15) is 5.10 Å². The lowest BCUT2D eigenvalue weighted by atomic mass is 9.82. The average molecular weight is 395 g/mol. The third-order valence-corrected chi connectivity index (χ3v) is 6.77. The van der Waals surface area contributed by atoms with E-state index in [1.165, 1.54) is 10.4 Å². The van der Waals surface area contributed by atoms with Crippen LogP contribution in [0.2, 0.25) is 0 Å². The second-order valence-electron chi connectivity index (χ2n) is 7.33. The smallest absolute Gasteiger partial charge is 0.271 e. The van der Waals surface area contributed by atoms with Crippen LogP contribution in [-0.4, -0.2) is 45.8 Å². The molecule has 1 saturated heterocycles. The van der Waals surface area contributed by atoms with Gasteiger partial charge in [0.15, 0.2) is 0 Å². The third-order valence-electron chi connectivity index (χ3n) is 5.79. The highest BCUT2D eigenvalue weighted by Gasteiger charge is 2.42. The molecule has 0 aliphatic carbocycles. The number of aromatic amines is 1. The number of aromatic nitrogens is 2. The van der Waals surface area contributed by atoms with Gasteiger partial charge in [-0.15, -0.1) is 11.3 Å². The summed E-state index contributed by atoms with van der Waals surface area (Å²) in [4.78, 5) is 16.2. The molecule has 4 heterocycles. The molecule has 5 rings (SSSR count). The molecule has 1 spiro atoms. The number of amides is 1. The Kier molecular flexibility index (Phi) is 4.21. The number of phenolic OH excluding ortho intramolecular Hbond substituents is 1. The van der Waals surface area contributed by atoms with Gasteiger partial charge in [-0.25, -0.2) is 0 Å². The molecule has 0 saturated carbocycles. The number of piperidine rings is 1. The van der Waals surface area contributed by atoms with Gasteiger partial charge < -0.3 is 14.7 Å². The maximum atomic E-state index is 12.9. The van der Waals surface area contributed by atoms with Gasteiger partial charge in [0.1, 0.15) is 11.4 Å². The topological polar surface area (TPSA) is 78.4 Å². The molecule has 1 amide bonds. The number of benzene rings is 1. The monoisotopic (exact) mass is 395 g/mol. The first-order chi connectivity index (χ1) is 13.7. The van der Waals surface area contributed by atoms with Crippen LogP contribution in [-0.2, 0) is 16.8 Å². The van der Waals surface area contributed by atoms with Crippen LogP contribution < -0.4 is 0 Å². The van der Waals surface area contributed by atoms with Gasteiger partial charge in [-0.3, -0.25) is 9.89 Å². The molecule has 2 aliphatic heterocycles. The molecular formula is C21H21N3O3S. The molecule has 3 aromatic rings. The van der Waals surface area contributed by atoms with Gasteiger partial charge in [0.05, 0.1) is 17.9 Å². The summed E-state index contributed by atoms with van der Waals surface area (Å²) in [6.45, 7) is 2.06. The highest BCUT2D eigenvalue weighted by molar-refractivity contribution is 7.10. The number of rotatable bonds is 2. The molecule has 2 aromatic heterocycles. The first-order valence-electron chi connectivity index (χ1n) is 9.50. The van der Waals surface area contributed by atoms with E-state index in [2.05, 4.69) is 21.6 Å². The van der Waals surface area contributed by atoms with Crippen molar-refractivity contribution in [1.29, 1.82) is 0 Å². The number of ether oxygens (including phenoxy) is 1. The number of hydrogen-bond acceptors (Lipinski definition) is 5. The van der Waals surface area contributed by atoms with Gasteiger partial charge in [0.25, 0.3) is 5.91 Å². The summed E-state index contributed by atoms with van der Waals surface area (Å²) < 4.78 is 6.22. The number of H-pyrrole nitrogens is 1. The Balaban J connectivity index is 1.32. The Morgan fingerprint density at radius 1 is 1.25 bits per heavy atom. The van der Waals surface area contributed by atoms with E-state index in [1.54, 1.807) is 35.6 Å². The number of fused-ring (bicyclic) bond motifs is 2. The number of hydrogen-bond donors (Lipinski definition) is 2. The van der Waals surface area contributed by atoms with Crippen molar-refractivity contribution in [3.8, 4) is 17.0 Å². The van der Waals surface area contributed by atoms with E-state index in [-0.39, 0.29) is 17.3 Å². The van der Waals surface area contributed by atoms with Crippen LogP contribution in [0.15, 0.2) is 41.8 Å². The van der Waals surface area contributed by atoms with Crippen molar-refractivity contribution in [3.63, 3.8) is 0 Å². The van der Waals surface area contributed by atoms with Crippen LogP contribution in [0.3, 0.4) is 0 Å². The van der Waals surface area contributed by atoms with Crippen molar-refractivity contribution in [2.45, 2.75) is 24.9 Å². The van der Waals surface area contributed by atoms with E-state index < -0.39 is 0 Å². The average Bonchev–Trinajstić information content (AvgIpc) is 3.39. The third kappa shape index (κ3) is 2.82. The van der Waals surface area contributed by atoms with Crippen LogP contribution in [0, 0.1) is 0 Å². The fraction of sp³-hybridized carbons (Fsp3) is 0.333. The summed E-state index contributed by atoms with van der Waals surface area (Å²) in [6.07, 6.45) is 2.60. The minimum absolute atomic E-state index is 0.0645. The molecule has 2 aliphatic rings. The molecule has 0 atom stereocenters. The summed E-state index contributed by atoms with van der Waals surface area (Å²) in [5.74, 6) is 0.0827. The maximum Gasteiger partial charge on any atom is 0.271 e. The van der Waals surface area contributed by atoms with E-state index >= 15 is 0 Å². The van der Waals surface area contributed by atoms with Gasteiger partial charge >= 0.3 is 0 Å². The van der Waals surface area contributed by atoms with Crippen molar-refractivity contribution in [2.24, 2.45) is 0 Å².